The van der Waals surface area contributed by atoms with E-state index in [-0.39, 0.29) is 30.0 Å². The number of anilines is 1. The van der Waals surface area contributed by atoms with Gasteiger partial charge in [-0.05, 0) is 19.4 Å². The van der Waals surface area contributed by atoms with E-state index >= 15 is 0 Å². The van der Waals surface area contributed by atoms with Gasteiger partial charge in [-0.3, -0.25) is 14.7 Å². The van der Waals surface area contributed by atoms with Crippen molar-refractivity contribution < 1.29 is 13.9 Å². The first-order chi connectivity index (χ1) is 13.9. The van der Waals surface area contributed by atoms with E-state index < -0.39 is 11.7 Å². The Morgan fingerprint density at radius 2 is 2.00 bits per heavy atom. The number of halogens is 1. The lowest BCUT2D eigenvalue weighted by molar-refractivity contribution is -0.127. The summed E-state index contributed by atoms with van der Waals surface area (Å²) in [7, 11) is 1.61. The van der Waals surface area contributed by atoms with E-state index in [0.29, 0.717) is 25.6 Å². The zero-order valence-corrected chi connectivity index (χ0v) is 16.8. The Morgan fingerprint density at radius 1 is 1.28 bits per heavy atom. The van der Waals surface area contributed by atoms with Gasteiger partial charge in [-0.1, -0.05) is 30.3 Å². The average molecular weight is 400 g/mol. The van der Waals surface area contributed by atoms with Crippen molar-refractivity contribution in [1.29, 1.82) is 0 Å². The summed E-state index contributed by atoms with van der Waals surface area (Å²) in [5.41, 5.74) is 7.00. The smallest absolute Gasteiger partial charge is 0.255 e. The second-order valence-corrected chi connectivity index (χ2v) is 6.71. The molecular weight excluding hydrogens is 375 g/mol. The molecule has 0 bridgehead atoms. The van der Waals surface area contributed by atoms with Crippen molar-refractivity contribution in [3.8, 4) is 5.88 Å². The monoisotopic (exact) mass is 400 g/mol. The molecular formula is C20H25FN6O2. The summed E-state index contributed by atoms with van der Waals surface area (Å²) in [6, 6.07) is 9.43. The van der Waals surface area contributed by atoms with E-state index in [1.165, 1.54) is 4.90 Å². The van der Waals surface area contributed by atoms with Crippen LogP contribution in [0, 0.1) is 12.7 Å². The van der Waals surface area contributed by atoms with Crippen molar-refractivity contribution in [2.24, 2.45) is 10.7 Å². The SMILES string of the molecule is CCOc1nc(N2CCN=C(N)N(C)C(=O)[C@@H](c3ccccc3)C2)nc(C)c1F. The fraction of sp³-hybridized carbons (Fsp3) is 0.400. The van der Waals surface area contributed by atoms with Crippen LogP contribution in [0.2, 0.25) is 0 Å². The molecule has 1 aromatic heterocycles. The molecule has 0 saturated carbocycles. The molecule has 0 aliphatic carbocycles. The number of nitrogens with two attached hydrogens (primary N) is 1. The van der Waals surface area contributed by atoms with Crippen LogP contribution in [0.25, 0.3) is 0 Å². The molecule has 1 aromatic carbocycles. The van der Waals surface area contributed by atoms with Crippen LogP contribution in [-0.2, 0) is 4.79 Å². The molecule has 0 unspecified atom stereocenters. The van der Waals surface area contributed by atoms with Crippen molar-refractivity contribution in [2.75, 3.05) is 38.2 Å². The van der Waals surface area contributed by atoms with Gasteiger partial charge in [0.15, 0.2) is 5.96 Å². The minimum absolute atomic E-state index is 0.0995. The van der Waals surface area contributed by atoms with E-state index in [1.54, 1.807) is 20.9 Å². The van der Waals surface area contributed by atoms with Crippen LogP contribution in [0.15, 0.2) is 35.3 Å². The number of nitrogens with zero attached hydrogens (tertiary/aromatic N) is 5. The molecule has 2 aromatic rings. The predicted octanol–water partition coefficient (Wildman–Crippen LogP) is 1.70. The summed E-state index contributed by atoms with van der Waals surface area (Å²) in [6.07, 6.45) is 0. The summed E-state index contributed by atoms with van der Waals surface area (Å²) in [5, 5.41) is 0. The maximum atomic E-state index is 14.3. The Morgan fingerprint density at radius 3 is 2.69 bits per heavy atom. The first kappa shape index (κ1) is 20.5. The van der Waals surface area contributed by atoms with Crippen LogP contribution in [0.5, 0.6) is 5.88 Å². The number of ether oxygens (including phenoxy) is 1. The largest absolute Gasteiger partial charge is 0.476 e. The van der Waals surface area contributed by atoms with Gasteiger partial charge < -0.3 is 15.4 Å². The molecule has 1 aliphatic heterocycles. The number of hydrogen-bond donors (Lipinski definition) is 1. The number of carbonyl (C=O) groups excluding carboxylic acids is 1. The van der Waals surface area contributed by atoms with Crippen molar-refractivity contribution >= 4 is 17.8 Å². The van der Waals surface area contributed by atoms with Crippen molar-refractivity contribution in [1.82, 2.24) is 14.9 Å². The Bertz CT molecular complexity index is 905. The number of aromatic nitrogens is 2. The Hall–Kier alpha value is -3.23. The van der Waals surface area contributed by atoms with Gasteiger partial charge in [0.1, 0.15) is 0 Å². The number of aliphatic imine (C=N–C) groups is 1. The Kier molecular flexibility index (Phi) is 6.26. The van der Waals surface area contributed by atoms with Gasteiger partial charge in [0.05, 0.1) is 24.8 Å². The summed E-state index contributed by atoms with van der Waals surface area (Å²) >= 11 is 0. The van der Waals surface area contributed by atoms with Gasteiger partial charge in [0, 0.05) is 20.1 Å². The highest BCUT2D eigenvalue weighted by molar-refractivity contribution is 5.99. The highest BCUT2D eigenvalue weighted by Gasteiger charge is 2.30. The number of carbonyl (C=O) groups is 1. The fourth-order valence-corrected chi connectivity index (χ4v) is 3.14. The summed E-state index contributed by atoms with van der Waals surface area (Å²) in [4.78, 5) is 29.1. The molecule has 1 aliphatic rings. The minimum atomic E-state index is -0.586. The number of likely N-dealkylation sites (N-methyl/N-ethyl adjacent to an activating group) is 1. The molecule has 0 fully saturated rings. The molecule has 0 radical (unpaired) electrons. The molecule has 0 saturated heterocycles. The third-order valence-corrected chi connectivity index (χ3v) is 4.76. The van der Waals surface area contributed by atoms with Crippen molar-refractivity contribution in [3.05, 3.63) is 47.4 Å². The third-order valence-electron chi connectivity index (χ3n) is 4.76. The van der Waals surface area contributed by atoms with E-state index in [1.807, 2.05) is 35.2 Å². The summed E-state index contributed by atoms with van der Waals surface area (Å²) in [6.45, 7) is 4.66. The van der Waals surface area contributed by atoms with Gasteiger partial charge in [0.2, 0.25) is 17.7 Å². The zero-order chi connectivity index (χ0) is 21.0. The highest BCUT2D eigenvalue weighted by atomic mass is 19.1. The maximum Gasteiger partial charge on any atom is 0.255 e. The third kappa shape index (κ3) is 4.44. The molecule has 9 heteroatoms. The lowest BCUT2D eigenvalue weighted by atomic mass is 9.97. The van der Waals surface area contributed by atoms with Crippen molar-refractivity contribution in [2.45, 2.75) is 19.8 Å². The van der Waals surface area contributed by atoms with Gasteiger partial charge >= 0.3 is 0 Å². The van der Waals surface area contributed by atoms with Gasteiger partial charge in [-0.15, -0.1) is 0 Å². The normalized spacial score (nSPS) is 18.0. The highest BCUT2D eigenvalue weighted by Crippen LogP contribution is 2.25. The van der Waals surface area contributed by atoms with E-state index in [2.05, 4.69) is 15.0 Å². The van der Waals surface area contributed by atoms with E-state index in [0.717, 1.165) is 5.56 Å². The number of rotatable bonds is 4. The quantitative estimate of drug-likeness (QED) is 0.839. The predicted molar refractivity (Wildman–Crippen MR) is 109 cm³/mol. The zero-order valence-electron chi connectivity index (χ0n) is 16.8. The first-order valence-corrected chi connectivity index (χ1v) is 9.46. The lowest BCUT2D eigenvalue weighted by Crippen LogP contribution is -2.43. The molecule has 2 heterocycles. The Balaban J connectivity index is 2.03. The van der Waals surface area contributed by atoms with Gasteiger partial charge in [-0.25, -0.2) is 4.98 Å². The topological polar surface area (TPSA) is 96.9 Å². The summed E-state index contributed by atoms with van der Waals surface area (Å²) < 4.78 is 19.6. The van der Waals surface area contributed by atoms with E-state index in [4.69, 9.17) is 10.5 Å². The standard InChI is InChI=1S/C20H25FN6O2/c1-4-29-17-16(21)13(2)24-20(25-17)27-11-10-23-19(22)26(3)18(28)15(12-27)14-8-6-5-7-9-14/h5-9,15H,4,10-12H2,1-3H3,(H2,22,23)/t15-/m1/s1. The molecule has 1 atom stereocenters. The van der Waals surface area contributed by atoms with Crippen molar-refractivity contribution in [3.63, 3.8) is 0 Å². The van der Waals surface area contributed by atoms with Crippen LogP contribution >= 0.6 is 0 Å². The number of hydrogen-bond acceptors (Lipinski definition) is 7. The number of aryl methyl sites for hydroxylation is 1. The van der Waals surface area contributed by atoms with Crippen LogP contribution in [0.1, 0.15) is 24.1 Å². The van der Waals surface area contributed by atoms with E-state index in [9.17, 15) is 9.18 Å². The van der Waals surface area contributed by atoms with Gasteiger partial charge in [0.25, 0.3) is 5.88 Å². The van der Waals surface area contributed by atoms with Crippen LogP contribution in [0.3, 0.4) is 0 Å². The molecule has 3 rings (SSSR count). The molecule has 2 N–H and O–H groups in total. The molecule has 29 heavy (non-hydrogen) atoms. The number of guanidine groups is 1. The minimum Gasteiger partial charge on any atom is -0.476 e. The Labute approximate surface area is 169 Å². The first-order valence-electron chi connectivity index (χ1n) is 9.46. The maximum absolute atomic E-state index is 14.3. The molecule has 0 spiro atoms. The second kappa shape index (κ2) is 8.85. The van der Waals surface area contributed by atoms with Crippen LogP contribution in [0.4, 0.5) is 10.3 Å². The second-order valence-electron chi connectivity index (χ2n) is 6.71. The van der Waals surface area contributed by atoms with Gasteiger partial charge in [-0.2, -0.15) is 9.37 Å². The lowest BCUT2D eigenvalue weighted by Gasteiger charge is -2.28. The van der Waals surface area contributed by atoms with Crippen LogP contribution < -0.4 is 15.4 Å². The molecule has 8 nitrogen and oxygen atoms in total. The molecule has 1 amide bonds. The summed E-state index contributed by atoms with van der Waals surface area (Å²) in [5.74, 6) is -0.940. The average Bonchev–Trinajstić information content (AvgIpc) is 2.77. The fourth-order valence-electron chi connectivity index (χ4n) is 3.14. The van der Waals surface area contributed by atoms with Crippen LogP contribution in [-0.4, -0.2) is 60.0 Å². The number of amides is 1. The number of benzene rings is 1. The molecule has 154 valence electrons.